The summed E-state index contributed by atoms with van der Waals surface area (Å²) in [5.41, 5.74) is 2.72. The predicted molar refractivity (Wildman–Crippen MR) is 54.1 cm³/mol. The van der Waals surface area contributed by atoms with Gasteiger partial charge in [-0.3, -0.25) is 5.10 Å². The molecule has 1 aliphatic rings. The van der Waals surface area contributed by atoms with Gasteiger partial charge in [0, 0.05) is 17.8 Å². The molecule has 3 nitrogen and oxygen atoms in total. The van der Waals surface area contributed by atoms with Crippen molar-refractivity contribution in [2.45, 2.75) is 39.0 Å². The van der Waals surface area contributed by atoms with E-state index in [4.69, 9.17) is 0 Å². The second-order valence-electron chi connectivity index (χ2n) is 4.00. The van der Waals surface area contributed by atoms with Crippen LogP contribution in [0.5, 0.6) is 0 Å². The van der Waals surface area contributed by atoms with E-state index in [9.17, 15) is 0 Å². The lowest BCUT2D eigenvalue weighted by molar-refractivity contribution is 0.748. The number of hydrogen-bond donors (Lipinski definition) is 2. The molecular weight excluding hydrogens is 162 g/mol. The van der Waals surface area contributed by atoms with E-state index in [2.05, 4.69) is 29.4 Å². The normalized spacial score (nSPS) is 16.5. The number of H-pyrrole nitrogens is 1. The van der Waals surface area contributed by atoms with E-state index >= 15 is 0 Å². The number of aromatic amines is 1. The van der Waals surface area contributed by atoms with Crippen molar-refractivity contribution in [2.75, 3.05) is 11.9 Å². The van der Waals surface area contributed by atoms with Gasteiger partial charge in [-0.25, -0.2) is 0 Å². The lowest BCUT2D eigenvalue weighted by Gasteiger charge is -2.04. The Morgan fingerprint density at radius 1 is 1.31 bits per heavy atom. The number of anilines is 1. The zero-order valence-electron chi connectivity index (χ0n) is 8.35. The molecule has 0 radical (unpaired) electrons. The Kier molecular flexibility index (Phi) is 2.25. The molecule has 2 N–H and O–H groups in total. The van der Waals surface area contributed by atoms with Crippen molar-refractivity contribution in [1.82, 2.24) is 10.2 Å². The summed E-state index contributed by atoms with van der Waals surface area (Å²) >= 11 is 0. The smallest absolute Gasteiger partial charge is 0.151 e. The van der Waals surface area contributed by atoms with Crippen molar-refractivity contribution >= 4 is 5.82 Å². The number of hydrogen-bond acceptors (Lipinski definition) is 2. The zero-order chi connectivity index (χ0) is 9.26. The third kappa shape index (κ3) is 1.55. The second kappa shape index (κ2) is 3.40. The number of nitrogens with zero attached hydrogens (tertiary/aromatic N) is 1. The largest absolute Gasteiger partial charge is 0.368 e. The maximum atomic E-state index is 4.30. The molecule has 1 aromatic rings. The summed E-state index contributed by atoms with van der Waals surface area (Å²) in [5.74, 6) is 1.64. The molecule has 0 bridgehead atoms. The molecule has 0 unspecified atom stereocenters. The first-order valence-electron chi connectivity index (χ1n) is 5.10. The van der Waals surface area contributed by atoms with Crippen LogP contribution < -0.4 is 5.32 Å². The summed E-state index contributed by atoms with van der Waals surface area (Å²) in [4.78, 5) is 0. The van der Waals surface area contributed by atoms with Gasteiger partial charge in [-0.15, -0.1) is 0 Å². The van der Waals surface area contributed by atoms with Crippen molar-refractivity contribution < 1.29 is 0 Å². The Morgan fingerprint density at radius 3 is 2.92 bits per heavy atom. The molecule has 2 heterocycles. The van der Waals surface area contributed by atoms with Crippen molar-refractivity contribution in [2.24, 2.45) is 0 Å². The molecule has 72 valence electrons. The number of nitrogens with one attached hydrogen (secondary N) is 2. The highest BCUT2D eigenvalue weighted by Gasteiger charge is 2.16. The summed E-state index contributed by atoms with van der Waals surface area (Å²) in [7, 11) is 0. The van der Waals surface area contributed by atoms with Crippen LogP contribution in [0.1, 0.15) is 43.9 Å². The topological polar surface area (TPSA) is 40.7 Å². The maximum absolute atomic E-state index is 4.30. The molecule has 0 saturated heterocycles. The van der Waals surface area contributed by atoms with Crippen LogP contribution in [-0.2, 0) is 6.42 Å². The fourth-order valence-corrected chi connectivity index (χ4v) is 1.89. The average Bonchev–Trinajstić information content (AvgIpc) is 2.36. The third-order valence-electron chi connectivity index (χ3n) is 2.62. The van der Waals surface area contributed by atoms with Crippen molar-refractivity contribution in [3.63, 3.8) is 0 Å². The first kappa shape index (κ1) is 8.60. The van der Waals surface area contributed by atoms with E-state index in [1.165, 1.54) is 30.5 Å². The van der Waals surface area contributed by atoms with Crippen molar-refractivity contribution in [1.29, 1.82) is 0 Å². The lowest BCUT2D eigenvalue weighted by Crippen LogP contribution is -1.99. The van der Waals surface area contributed by atoms with Gasteiger partial charge in [-0.1, -0.05) is 13.8 Å². The molecule has 13 heavy (non-hydrogen) atoms. The van der Waals surface area contributed by atoms with E-state index in [1.807, 2.05) is 0 Å². The third-order valence-corrected chi connectivity index (χ3v) is 2.62. The van der Waals surface area contributed by atoms with Gasteiger partial charge < -0.3 is 5.32 Å². The van der Waals surface area contributed by atoms with Gasteiger partial charge in [0.05, 0.1) is 0 Å². The molecule has 2 rings (SSSR count). The van der Waals surface area contributed by atoms with Gasteiger partial charge in [-0.2, -0.15) is 5.10 Å². The standard InChI is InChI=1S/C10H17N3/c1-7(2)9-8-5-3-4-6-11-10(8)13-12-9/h7H,3-6H2,1-2H3,(H2,11,12,13). The SMILES string of the molecule is CC(C)c1[nH]nc2c1CCCCN2. The van der Waals surface area contributed by atoms with Crippen molar-refractivity contribution in [3.05, 3.63) is 11.3 Å². The lowest BCUT2D eigenvalue weighted by atomic mass is 10.0. The molecule has 0 atom stereocenters. The summed E-state index contributed by atoms with van der Waals surface area (Å²) in [5, 5.41) is 10.8. The minimum Gasteiger partial charge on any atom is -0.368 e. The maximum Gasteiger partial charge on any atom is 0.151 e. The van der Waals surface area contributed by atoms with Gasteiger partial charge >= 0.3 is 0 Å². The van der Waals surface area contributed by atoms with E-state index in [0.29, 0.717) is 5.92 Å². The molecule has 0 spiro atoms. The van der Waals surface area contributed by atoms with Gasteiger partial charge in [0.1, 0.15) is 0 Å². The van der Waals surface area contributed by atoms with E-state index in [-0.39, 0.29) is 0 Å². The van der Waals surface area contributed by atoms with Gasteiger partial charge in [0.25, 0.3) is 0 Å². The highest BCUT2D eigenvalue weighted by molar-refractivity contribution is 5.48. The second-order valence-corrected chi connectivity index (χ2v) is 4.00. The first-order valence-corrected chi connectivity index (χ1v) is 5.10. The van der Waals surface area contributed by atoms with Crippen LogP contribution in [-0.4, -0.2) is 16.7 Å². The molecule has 0 amide bonds. The van der Waals surface area contributed by atoms with Gasteiger partial charge in [0.15, 0.2) is 5.82 Å². The summed E-state index contributed by atoms with van der Waals surface area (Å²) in [6, 6.07) is 0. The van der Waals surface area contributed by atoms with Crippen LogP contribution in [0.15, 0.2) is 0 Å². The first-order chi connectivity index (χ1) is 6.29. The monoisotopic (exact) mass is 179 g/mol. The van der Waals surface area contributed by atoms with Crippen LogP contribution in [0.25, 0.3) is 0 Å². The summed E-state index contributed by atoms with van der Waals surface area (Å²) < 4.78 is 0. The highest BCUT2D eigenvalue weighted by atomic mass is 15.2. The van der Waals surface area contributed by atoms with Crippen LogP contribution >= 0.6 is 0 Å². The Morgan fingerprint density at radius 2 is 2.15 bits per heavy atom. The van der Waals surface area contributed by atoms with E-state index in [0.717, 1.165) is 12.4 Å². The molecule has 0 aromatic carbocycles. The Bertz CT molecular complexity index is 288. The highest BCUT2D eigenvalue weighted by Crippen LogP contribution is 2.26. The summed E-state index contributed by atoms with van der Waals surface area (Å²) in [6.45, 7) is 5.48. The molecule has 1 aliphatic heterocycles. The van der Waals surface area contributed by atoms with Crippen molar-refractivity contribution in [3.8, 4) is 0 Å². The number of fused-ring (bicyclic) bond motifs is 1. The molecule has 0 fully saturated rings. The average molecular weight is 179 g/mol. The van der Waals surface area contributed by atoms with Gasteiger partial charge in [-0.05, 0) is 25.2 Å². The molecule has 0 aliphatic carbocycles. The fourth-order valence-electron chi connectivity index (χ4n) is 1.89. The summed E-state index contributed by atoms with van der Waals surface area (Å²) in [6.07, 6.45) is 3.71. The van der Waals surface area contributed by atoms with Crippen LogP contribution in [0, 0.1) is 0 Å². The molecule has 0 saturated carbocycles. The Balaban J connectivity index is 2.34. The minimum absolute atomic E-state index is 0.552. The molecule has 1 aromatic heterocycles. The number of aromatic nitrogens is 2. The van der Waals surface area contributed by atoms with Gasteiger partial charge in [0.2, 0.25) is 0 Å². The quantitative estimate of drug-likeness (QED) is 0.694. The fraction of sp³-hybridized carbons (Fsp3) is 0.700. The Hall–Kier alpha value is -0.990. The van der Waals surface area contributed by atoms with E-state index in [1.54, 1.807) is 0 Å². The molecule has 3 heteroatoms. The van der Waals surface area contributed by atoms with Crippen LogP contribution in [0.4, 0.5) is 5.82 Å². The van der Waals surface area contributed by atoms with Crippen LogP contribution in [0.2, 0.25) is 0 Å². The zero-order valence-corrected chi connectivity index (χ0v) is 8.35. The predicted octanol–water partition coefficient (Wildman–Crippen LogP) is 2.28. The number of rotatable bonds is 1. The van der Waals surface area contributed by atoms with E-state index < -0.39 is 0 Å². The molecular formula is C10H17N3. The minimum atomic E-state index is 0.552. The Labute approximate surface area is 78.9 Å². The van der Waals surface area contributed by atoms with Crippen LogP contribution in [0.3, 0.4) is 0 Å².